The summed E-state index contributed by atoms with van der Waals surface area (Å²) in [5.41, 5.74) is 1.38. The molecule has 2 aromatic carbocycles. The van der Waals surface area contributed by atoms with E-state index in [2.05, 4.69) is 10.3 Å². The van der Waals surface area contributed by atoms with E-state index in [1.165, 1.54) is 28.7 Å². The summed E-state index contributed by atoms with van der Waals surface area (Å²) in [6.07, 6.45) is 3.57. The summed E-state index contributed by atoms with van der Waals surface area (Å²) in [5.74, 6) is -0.582. The average molecular weight is 500 g/mol. The summed E-state index contributed by atoms with van der Waals surface area (Å²) in [7, 11) is -3.76. The maximum absolute atomic E-state index is 14.5. The maximum Gasteiger partial charge on any atom is 0.251 e. The summed E-state index contributed by atoms with van der Waals surface area (Å²) >= 11 is 0. The molecule has 1 saturated heterocycles. The Labute approximate surface area is 203 Å². The largest absolute Gasteiger partial charge is 0.453 e. The van der Waals surface area contributed by atoms with Crippen LogP contribution in [0.3, 0.4) is 0 Å². The Morgan fingerprint density at radius 1 is 1.17 bits per heavy atom. The molecule has 3 aromatic rings. The van der Waals surface area contributed by atoms with Crippen LogP contribution in [-0.2, 0) is 27.7 Å². The minimum Gasteiger partial charge on any atom is -0.453 e. The molecular formula is C25H26FN3O5S. The average Bonchev–Trinajstić information content (AvgIpc) is 2.89. The molecule has 0 bridgehead atoms. The van der Waals surface area contributed by atoms with Crippen LogP contribution in [0.15, 0.2) is 65.8 Å². The molecule has 8 nitrogen and oxygen atoms in total. The first-order valence-corrected chi connectivity index (χ1v) is 12.7. The minimum absolute atomic E-state index is 0.0428. The number of pyridine rings is 1. The summed E-state index contributed by atoms with van der Waals surface area (Å²) in [5, 5.41) is 2.72. The number of hydrogen-bond acceptors (Lipinski definition) is 6. The molecule has 0 radical (unpaired) electrons. The SMILES string of the molecule is CCc1ccc(C(=O)NCc2ccc(Oc3cccnc3)c(F)c2)cc1S(=O)(=O)N1CCOCC1. The fourth-order valence-corrected chi connectivity index (χ4v) is 5.44. The van der Waals surface area contributed by atoms with Gasteiger partial charge in [0.15, 0.2) is 11.6 Å². The normalized spacial score (nSPS) is 14.5. The van der Waals surface area contributed by atoms with Gasteiger partial charge in [0.2, 0.25) is 10.0 Å². The Morgan fingerprint density at radius 2 is 1.97 bits per heavy atom. The summed E-state index contributed by atoms with van der Waals surface area (Å²) < 4.78 is 53.0. The zero-order valence-electron chi connectivity index (χ0n) is 19.2. The second-order valence-electron chi connectivity index (χ2n) is 7.93. The van der Waals surface area contributed by atoms with E-state index in [4.69, 9.17) is 9.47 Å². The van der Waals surface area contributed by atoms with Crippen molar-refractivity contribution in [3.63, 3.8) is 0 Å². The van der Waals surface area contributed by atoms with E-state index in [1.807, 2.05) is 6.92 Å². The van der Waals surface area contributed by atoms with Gasteiger partial charge in [-0.05, 0) is 53.9 Å². The number of halogens is 1. The molecule has 0 spiro atoms. The van der Waals surface area contributed by atoms with Crippen molar-refractivity contribution in [1.82, 2.24) is 14.6 Å². The lowest BCUT2D eigenvalue weighted by molar-refractivity contribution is 0.0730. The summed E-state index contributed by atoms with van der Waals surface area (Å²) in [4.78, 5) is 16.8. The molecule has 0 unspecified atom stereocenters. The van der Waals surface area contributed by atoms with Crippen LogP contribution in [0.4, 0.5) is 4.39 Å². The van der Waals surface area contributed by atoms with Crippen molar-refractivity contribution in [3.8, 4) is 11.5 Å². The molecule has 1 aliphatic rings. The predicted molar refractivity (Wildman–Crippen MR) is 127 cm³/mol. The highest BCUT2D eigenvalue weighted by Gasteiger charge is 2.29. The van der Waals surface area contributed by atoms with Gasteiger partial charge in [0.05, 0.1) is 24.3 Å². The lowest BCUT2D eigenvalue weighted by Gasteiger charge is -2.27. The number of ether oxygens (including phenoxy) is 2. The van der Waals surface area contributed by atoms with E-state index in [9.17, 15) is 17.6 Å². The third-order valence-corrected chi connectivity index (χ3v) is 7.59. The van der Waals surface area contributed by atoms with E-state index < -0.39 is 21.7 Å². The second kappa shape index (κ2) is 10.9. The second-order valence-corrected chi connectivity index (χ2v) is 9.84. The molecule has 0 aliphatic carbocycles. The van der Waals surface area contributed by atoms with E-state index in [0.717, 1.165) is 0 Å². The third kappa shape index (κ3) is 5.84. The fraction of sp³-hybridized carbons (Fsp3) is 0.280. The molecule has 0 atom stereocenters. The number of nitrogens with zero attached hydrogens (tertiary/aromatic N) is 2. The van der Waals surface area contributed by atoms with Gasteiger partial charge in [0, 0.05) is 31.4 Å². The van der Waals surface area contributed by atoms with Crippen molar-refractivity contribution in [2.45, 2.75) is 24.8 Å². The molecule has 35 heavy (non-hydrogen) atoms. The number of morpholine rings is 1. The summed E-state index contributed by atoms with van der Waals surface area (Å²) in [6.45, 7) is 3.14. The zero-order valence-corrected chi connectivity index (χ0v) is 20.1. The first-order valence-electron chi connectivity index (χ1n) is 11.2. The lowest BCUT2D eigenvalue weighted by atomic mass is 10.1. The molecule has 1 N–H and O–H groups in total. The van der Waals surface area contributed by atoms with Gasteiger partial charge in [-0.25, -0.2) is 12.8 Å². The van der Waals surface area contributed by atoms with Gasteiger partial charge in [-0.3, -0.25) is 9.78 Å². The number of rotatable bonds is 8. The Balaban J connectivity index is 1.46. The van der Waals surface area contributed by atoms with Crippen LogP contribution in [0, 0.1) is 5.82 Å². The van der Waals surface area contributed by atoms with E-state index in [1.54, 1.807) is 36.5 Å². The fourth-order valence-electron chi connectivity index (χ4n) is 3.71. The molecule has 1 aromatic heterocycles. The number of benzene rings is 2. The Kier molecular flexibility index (Phi) is 7.74. The van der Waals surface area contributed by atoms with Gasteiger partial charge in [0.1, 0.15) is 5.75 Å². The first kappa shape index (κ1) is 24.8. The molecule has 1 fully saturated rings. The molecule has 10 heteroatoms. The zero-order chi connectivity index (χ0) is 24.8. The van der Waals surface area contributed by atoms with Gasteiger partial charge in [-0.15, -0.1) is 0 Å². The number of carbonyl (C=O) groups excluding carboxylic acids is 1. The highest BCUT2D eigenvalue weighted by atomic mass is 32.2. The van der Waals surface area contributed by atoms with Gasteiger partial charge >= 0.3 is 0 Å². The number of aromatic nitrogens is 1. The van der Waals surface area contributed by atoms with Crippen molar-refractivity contribution < 1.29 is 27.1 Å². The molecule has 1 aliphatic heterocycles. The minimum atomic E-state index is -3.76. The van der Waals surface area contributed by atoms with E-state index >= 15 is 0 Å². The maximum atomic E-state index is 14.5. The van der Waals surface area contributed by atoms with Crippen LogP contribution >= 0.6 is 0 Å². The van der Waals surface area contributed by atoms with E-state index in [0.29, 0.717) is 36.5 Å². The number of sulfonamides is 1. The highest BCUT2D eigenvalue weighted by Crippen LogP contribution is 2.25. The van der Waals surface area contributed by atoms with Gasteiger partial charge in [-0.2, -0.15) is 4.31 Å². The first-order chi connectivity index (χ1) is 16.9. The topological polar surface area (TPSA) is 97.8 Å². The van der Waals surface area contributed by atoms with Crippen LogP contribution in [0.5, 0.6) is 11.5 Å². The number of carbonyl (C=O) groups is 1. The number of nitrogens with one attached hydrogen (secondary N) is 1. The molecule has 0 saturated carbocycles. The standard InChI is InChI=1S/C25H26FN3O5S/c1-2-19-6-7-20(15-24(19)35(31,32)29-10-12-33-13-11-29)25(30)28-16-18-5-8-23(22(26)14-18)34-21-4-3-9-27-17-21/h3-9,14-15,17H,2,10-13,16H2,1H3,(H,28,30). The lowest BCUT2D eigenvalue weighted by Crippen LogP contribution is -2.41. The smallest absolute Gasteiger partial charge is 0.251 e. The number of aryl methyl sites for hydroxylation is 1. The Hall–Kier alpha value is -3.34. The number of hydrogen-bond donors (Lipinski definition) is 1. The summed E-state index contributed by atoms with van der Waals surface area (Å²) in [6, 6.07) is 12.4. The Bertz CT molecular complexity index is 1300. The van der Waals surface area contributed by atoms with Crippen molar-refractivity contribution in [2.24, 2.45) is 0 Å². The molecular weight excluding hydrogens is 473 g/mol. The van der Waals surface area contributed by atoms with Gasteiger partial charge in [-0.1, -0.05) is 19.1 Å². The monoisotopic (exact) mass is 499 g/mol. The van der Waals surface area contributed by atoms with Crippen LogP contribution in [0.2, 0.25) is 0 Å². The third-order valence-electron chi connectivity index (χ3n) is 5.61. The molecule has 2 heterocycles. The van der Waals surface area contributed by atoms with Crippen LogP contribution in [0.1, 0.15) is 28.4 Å². The quantitative estimate of drug-likeness (QED) is 0.509. The van der Waals surface area contributed by atoms with Crippen LogP contribution in [-0.4, -0.2) is 49.9 Å². The van der Waals surface area contributed by atoms with Crippen molar-refractivity contribution in [2.75, 3.05) is 26.3 Å². The molecule has 4 rings (SSSR count). The highest BCUT2D eigenvalue weighted by molar-refractivity contribution is 7.89. The van der Waals surface area contributed by atoms with Crippen molar-refractivity contribution in [3.05, 3.63) is 83.4 Å². The van der Waals surface area contributed by atoms with Crippen LogP contribution in [0.25, 0.3) is 0 Å². The van der Waals surface area contributed by atoms with Crippen LogP contribution < -0.4 is 10.1 Å². The van der Waals surface area contributed by atoms with E-state index in [-0.39, 0.29) is 35.8 Å². The predicted octanol–water partition coefficient (Wildman–Crippen LogP) is 3.53. The van der Waals surface area contributed by atoms with Gasteiger partial charge in [0.25, 0.3) is 5.91 Å². The molecule has 1 amide bonds. The Morgan fingerprint density at radius 3 is 2.66 bits per heavy atom. The van der Waals surface area contributed by atoms with Crippen molar-refractivity contribution in [1.29, 1.82) is 0 Å². The molecule has 184 valence electrons. The number of amides is 1. The van der Waals surface area contributed by atoms with Crippen molar-refractivity contribution >= 4 is 15.9 Å². The van der Waals surface area contributed by atoms with Gasteiger partial charge < -0.3 is 14.8 Å².